The molecule has 1 amide bonds. The third kappa shape index (κ3) is 1.70. The quantitative estimate of drug-likeness (QED) is 0.482. The topological polar surface area (TPSA) is 54.0 Å². The Morgan fingerprint density at radius 1 is 1.57 bits per heavy atom. The summed E-state index contributed by atoms with van der Waals surface area (Å²) in [4.78, 5) is 14.2. The Hall–Kier alpha value is -1.55. The number of halogens is 1. The number of rotatable bonds is 2. The molecule has 2 rings (SSSR count). The second kappa shape index (κ2) is 3.67. The number of carbonyl (C=O) groups is 1. The van der Waals surface area contributed by atoms with E-state index in [2.05, 4.69) is 15.6 Å². The molecule has 0 aromatic carbocycles. The van der Waals surface area contributed by atoms with E-state index in [1.807, 2.05) is 6.08 Å². The highest BCUT2D eigenvalue weighted by Gasteiger charge is 2.04. The van der Waals surface area contributed by atoms with Crippen LogP contribution in [0.1, 0.15) is 0 Å². The second-order valence-electron chi connectivity index (χ2n) is 2.88. The van der Waals surface area contributed by atoms with Gasteiger partial charge in [0.15, 0.2) is 0 Å². The van der Waals surface area contributed by atoms with Gasteiger partial charge in [-0.05, 0) is 12.1 Å². The van der Waals surface area contributed by atoms with Crippen LogP contribution in [0.3, 0.4) is 0 Å². The van der Waals surface area contributed by atoms with E-state index >= 15 is 0 Å². The van der Waals surface area contributed by atoms with Gasteiger partial charge in [0.05, 0.1) is 0 Å². The molecule has 5 heteroatoms. The predicted molar refractivity (Wildman–Crippen MR) is 53.6 cm³/mol. The van der Waals surface area contributed by atoms with Gasteiger partial charge in [0.1, 0.15) is 11.3 Å². The Morgan fingerprint density at radius 3 is 3.21 bits per heavy atom. The molecule has 14 heavy (non-hydrogen) atoms. The Bertz CT molecular complexity index is 471. The second-order valence-corrected chi connectivity index (χ2v) is 3.26. The van der Waals surface area contributed by atoms with Crippen LogP contribution in [0.2, 0.25) is 5.15 Å². The highest BCUT2D eigenvalue weighted by Crippen LogP contribution is 1.95. The molecule has 1 unspecified atom stereocenters. The summed E-state index contributed by atoms with van der Waals surface area (Å²) in [6, 6.07) is 1.76. The van der Waals surface area contributed by atoms with Crippen molar-refractivity contribution in [3.63, 3.8) is 0 Å². The van der Waals surface area contributed by atoms with E-state index < -0.39 is 0 Å². The molecule has 1 aliphatic heterocycles. The van der Waals surface area contributed by atoms with Crippen molar-refractivity contribution >= 4 is 30.3 Å². The molecule has 0 radical (unpaired) electrons. The highest BCUT2D eigenvalue weighted by atomic mass is 35.5. The molecule has 2 N–H and O–H groups in total. The predicted octanol–water partition coefficient (Wildman–Crippen LogP) is -1.07. The molecule has 0 spiro atoms. The van der Waals surface area contributed by atoms with Crippen LogP contribution in [0.4, 0.5) is 0 Å². The summed E-state index contributed by atoms with van der Waals surface area (Å²) in [5.74, 6) is 0. The number of fused-ring (bicyclic) bond motifs is 1. The fraction of sp³-hybridized carbons (Fsp3) is 0.111. The van der Waals surface area contributed by atoms with E-state index in [0.29, 0.717) is 11.6 Å². The zero-order valence-corrected chi connectivity index (χ0v) is 7.95. The first-order valence-electron chi connectivity index (χ1n) is 4.09. The number of nitrogens with zero attached hydrogens (tertiary/aromatic N) is 1. The first kappa shape index (κ1) is 9.02. The SMILES string of the molecule is O=CNC1C=c2cnc(Cl)cc2=CN1. The van der Waals surface area contributed by atoms with Gasteiger partial charge in [0, 0.05) is 22.8 Å². The molecule has 0 saturated carbocycles. The van der Waals surface area contributed by atoms with Crippen LogP contribution in [0.5, 0.6) is 0 Å². The minimum absolute atomic E-state index is 0.178. The molecule has 4 nitrogen and oxygen atoms in total. The highest BCUT2D eigenvalue weighted by molar-refractivity contribution is 6.29. The van der Waals surface area contributed by atoms with Gasteiger partial charge in [-0.1, -0.05) is 11.6 Å². The lowest BCUT2D eigenvalue weighted by molar-refractivity contribution is -0.109. The molecule has 0 aliphatic carbocycles. The molecule has 1 aromatic heterocycles. The van der Waals surface area contributed by atoms with Crippen LogP contribution >= 0.6 is 11.6 Å². The average molecular weight is 210 g/mol. The van der Waals surface area contributed by atoms with Crippen molar-refractivity contribution in [3.05, 3.63) is 27.9 Å². The molecular weight excluding hydrogens is 202 g/mol. The first-order valence-corrected chi connectivity index (χ1v) is 4.47. The lowest BCUT2D eigenvalue weighted by Crippen LogP contribution is -2.45. The van der Waals surface area contributed by atoms with E-state index in [1.54, 1.807) is 18.5 Å². The van der Waals surface area contributed by atoms with Crippen molar-refractivity contribution < 1.29 is 4.79 Å². The fourth-order valence-corrected chi connectivity index (χ4v) is 1.46. The van der Waals surface area contributed by atoms with Gasteiger partial charge >= 0.3 is 0 Å². The monoisotopic (exact) mass is 209 g/mol. The van der Waals surface area contributed by atoms with E-state index in [4.69, 9.17) is 11.6 Å². The first-order chi connectivity index (χ1) is 6.79. The molecule has 0 bridgehead atoms. The summed E-state index contributed by atoms with van der Waals surface area (Å²) in [6.45, 7) is 0. The molecule has 1 aromatic rings. The van der Waals surface area contributed by atoms with Gasteiger partial charge in [-0.2, -0.15) is 0 Å². The smallest absolute Gasteiger partial charge is 0.208 e. The largest absolute Gasteiger partial charge is 0.368 e. The zero-order chi connectivity index (χ0) is 9.97. The number of amides is 1. The molecule has 1 aliphatic rings. The van der Waals surface area contributed by atoms with Crippen molar-refractivity contribution in [3.8, 4) is 0 Å². The summed E-state index contributed by atoms with van der Waals surface area (Å²) in [5.41, 5.74) is 0. The molecule has 1 atom stereocenters. The van der Waals surface area contributed by atoms with Gasteiger partial charge in [0.25, 0.3) is 0 Å². The van der Waals surface area contributed by atoms with Crippen LogP contribution in [0.25, 0.3) is 12.3 Å². The third-order valence-electron chi connectivity index (χ3n) is 1.95. The normalized spacial score (nSPS) is 18.2. The number of pyridine rings is 1. The van der Waals surface area contributed by atoms with E-state index in [9.17, 15) is 4.79 Å². The average Bonchev–Trinajstić information content (AvgIpc) is 2.19. The Labute approximate surface area is 85.3 Å². The van der Waals surface area contributed by atoms with Crippen molar-refractivity contribution in [1.29, 1.82) is 0 Å². The molecular formula is C9H8ClN3O. The Balaban J connectivity index is 2.45. The van der Waals surface area contributed by atoms with Gasteiger partial charge in [-0.25, -0.2) is 4.98 Å². The zero-order valence-electron chi connectivity index (χ0n) is 7.20. The summed E-state index contributed by atoms with van der Waals surface area (Å²) in [5, 5.41) is 7.97. The van der Waals surface area contributed by atoms with Crippen molar-refractivity contribution in [2.24, 2.45) is 0 Å². The van der Waals surface area contributed by atoms with Gasteiger partial charge in [-0.15, -0.1) is 0 Å². The maximum Gasteiger partial charge on any atom is 0.208 e. The third-order valence-corrected chi connectivity index (χ3v) is 2.15. The number of hydrogen-bond donors (Lipinski definition) is 2. The summed E-state index contributed by atoms with van der Waals surface area (Å²) in [6.07, 6.45) is 5.81. The molecule has 0 saturated heterocycles. The maximum atomic E-state index is 10.2. The number of carbonyl (C=O) groups excluding carboxylic acids is 1. The van der Waals surface area contributed by atoms with Crippen molar-refractivity contribution in [1.82, 2.24) is 15.6 Å². The van der Waals surface area contributed by atoms with Gasteiger partial charge < -0.3 is 10.6 Å². The summed E-state index contributed by atoms with van der Waals surface area (Å²) >= 11 is 5.73. The standard InChI is InChI=1S/C9H8ClN3O/c10-8-1-6-4-12-9(13-5-14)2-7(6)3-11-8/h1-5,9,12H,(H,13,14). The van der Waals surface area contributed by atoms with Crippen molar-refractivity contribution in [2.75, 3.05) is 0 Å². The molecule has 0 fully saturated rings. The van der Waals surface area contributed by atoms with E-state index in [0.717, 1.165) is 10.4 Å². The number of nitrogens with one attached hydrogen (secondary N) is 2. The lowest BCUT2D eigenvalue weighted by atomic mass is 10.2. The van der Waals surface area contributed by atoms with Crippen LogP contribution < -0.4 is 21.1 Å². The van der Waals surface area contributed by atoms with E-state index in [1.165, 1.54) is 0 Å². The maximum absolute atomic E-state index is 10.2. The molecule has 72 valence electrons. The van der Waals surface area contributed by atoms with Crippen LogP contribution in [-0.4, -0.2) is 17.6 Å². The fourth-order valence-electron chi connectivity index (χ4n) is 1.30. The minimum atomic E-state index is -0.178. The van der Waals surface area contributed by atoms with Crippen LogP contribution in [-0.2, 0) is 4.79 Å². The van der Waals surface area contributed by atoms with Crippen LogP contribution in [0.15, 0.2) is 12.3 Å². The Kier molecular flexibility index (Phi) is 2.37. The van der Waals surface area contributed by atoms with Gasteiger partial charge in [0.2, 0.25) is 6.41 Å². The summed E-state index contributed by atoms with van der Waals surface area (Å²) in [7, 11) is 0. The molecule has 2 heterocycles. The van der Waals surface area contributed by atoms with Crippen molar-refractivity contribution in [2.45, 2.75) is 6.17 Å². The Morgan fingerprint density at radius 2 is 2.43 bits per heavy atom. The summed E-state index contributed by atoms with van der Waals surface area (Å²) < 4.78 is 0. The lowest BCUT2D eigenvalue weighted by Gasteiger charge is -2.14. The number of hydrogen-bond acceptors (Lipinski definition) is 3. The van der Waals surface area contributed by atoms with Gasteiger partial charge in [-0.3, -0.25) is 4.79 Å². The van der Waals surface area contributed by atoms with Crippen LogP contribution in [0, 0.1) is 0 Å². The number of aromatic nitrogens is 1. The minimum Gasteiger partial charge on any atom is -0.368 e. The van der Waals surface area contributed by atoms with E-state index in [-0.39, 0.29) is 6.17 Å².